The summed E-state index contributed by atoms with van der Waals surface area (Å²) in [6, 6.07) is 0. The van der Waals surface area contributed by atoms with Crippen LogP contribution in [0.3, 0.4) is 0 Å². The summed E-state index contributed by atoms with van der Waals surface area (Å²) < 4.78 is 34.2. The standard InChI is InChI=1S/C27H38O10/c1-14-8-10-20(33-16(3)28)15(2)9-11-22(35-18(5)30)27(6)25(37-27)24-23(21(12-14)34-17(4)29)19(13-32-7)26(31)36-24/h8-9,19-25H,10-13H2,1-7H3/b14-8-,15-9+/t19-,20-,21+,22+,23+,24-,25-,27-/m0/s1. The highest BCUT2D eigenvalue weighted by atomic mass is 16.7. The van der Waals surface area contributed by atoms with Gasteiger partial charge in [0, 0.05) is 47.1 Å². The minimum absolute atomic E-state index is 0.0911. The second kappa shape index (κ2) is 11.8. The van der Waals surface area contributed by atoms with Crippen molar-refractivity contribution in [1.29, 1.82) is 0 Å². The molecule has 2 saturated heterocycles. The molecule has 0 amide bonds. The molecule has 2 aliphatic heterocycles. The summed E-state index contributed by atoms with van der Waals surface area (Å²) in [7, 11) is 1.49. The van der Waals surface area contributed by atoms with Crippen LogP contribution in [0, 0.1) is 11.8 Å². The van der Waals surface area contributed by atoms with E-state index >= 15 is 0 Å². The summed E-state index contributed by atoms with van der Waals surface area (Å²) in [6.07, 6.45) is 1.65. The van der Waals surface area contributed by atoms with Gasteiger partial charge in [-0.05, 0) is 26.3 Å². The highest BCUT2D eigenvalue weighted by molar-refractivity contribution is 5.76. The Hall–Kier alpha value is -2.72. The molecule has 3 rings (SSSR count). The molecule has 0 saturated carbocycles. The first-order valence-electron chi connectivity index (χ1n) is 12.6. The summed E-state index contributed by atoms with van der Waals surface area (Å²) in [4.78, 5) is 48.8. The molecule has 0 spiro atoms. The van der Waals surface area contributed by atoms with E-state index in [0.717, 1.165) is 11.1 Å². The number of hydrogen-bond acceptors (Lipinski definition) is 10. The van der Waals surface area contributed by atoms with Gasteiger partial charge in [-0.1, -0.05) is 17.7 Å². The Morgan fingerprint density at radius 3 is 2.24 bits per heavy atom. The number of epoxide rings is 1. The summed E-state index contributed by atoms with van der Waals surface area (Å²) >= 11 is 0. The smallest absolute Gasteiger partial charge is 0.312 e. The molecule has 0 aromatic rings. The van der Waals surface area contributed by atoms with Crippen molar-refractivity contribution in [2.24, 2.45) is 11.8 Å². The van der Waals surface area contributed by atoms with E-state index in [4.69, 9.17) is 28.4 Å². The van der Waals surface area contributed by atoms with Crippen LogP contribution < -0.4 is 0 Å². The molecule has 10 nitrogen and oxygen atoms in total. The molecule has 0 bridgehead atoms. The molecular weight excluding hydrogens is 484 g/mol. The van der Waals surface area contributed by atoms with E-state index in [1.165, 1.54) is 27.9 Å². The molecule has 8 atom stereocenters. The van der Waals surface area contributed by atoms with Gasteiger partial charge in [0.25, 0.3) is 0 Å². The molecule has 0 N–H and O–H groups in total. The minimum Gasteiger partial charge on any atom is -0.462 e. The Kier molecular flexibility index (Phi) is 9.18. The van der Waals surface area contributed by atoms with Gasteiger partial charge in [-0.25, -0.2) is 0 Å². The zero-order chi connectivity index (χ0) is 27.5. The summed E-state index contributed by atoms with van der Waals surface area (Å²) in [5.41, 5.74) is 0.760. The van der Waals surface area contributed by atoms with Gasteiger partial charge in [-0.15, -0.1) is 0 Å². The number of fused-ring (bicyclic) bond motifs is 3. The van der Waals surface area contributed by atoms with Gasteiger partial charge in [0.05, 0.1) is 18.4 Å². The predicted molar refractivity (Wildman–Crippen MR) is 130 cm³/mol. The highest BCUT2D eigenvalue weighted by Gasteiger charge is 2.68. The lowest BCUT2D eigenvalue weighted by Gasteiger charge is -2.30. The predicted octanol–water partition coefficient (Wildman–Crippen LogP) is 2.82. The fraction of sp³-hybridized carbons (Fsp3) is 0.704. The fourth-order valence-corrected chi connectivity index (χ4v) is 5.40. The molecule has 10 heteroatoms. The van der Waals surface area contributed by atoms with E-state index in [1.807, 2.05) is 32.9 Å². The number of esters is 4. The van der Waals surface area contributed by atoms with Gasteiger partial charge in [0.15, 0.2) is 0 Å². The van der Waals surface area contributed by atoms with Crippen LogP contribution in [-0.4, -0.2) is 73.7 Å². The first kappa shape index (κ1) is 28.8. The number of carbonyl (C=O) groups is 4. The van der Waals surface area contributed by atoms with E-state index in [-0.39, 0.29) is 6.61 Å². The van der Waals surface area contributed by atoms with Gasteiger partial charge in [0.2, 0.25) is 0 Å². The van der Waals surface area contributed by atoms with Crippen molar-refractivity contribution in [3.8, 4) is 0 Å². The van der Waals surface area contributed by atoms with Crippen LogP contribution in [0.25, 0.3) is 0 Å². The average Bonchev–Trinajstić information content (AvgIpc) is 3.38. The minimum atomic E-state index is -0.944. The lowest BCUT2D eigenvalue weighted by molar-refractivity contribution is -0.152. The Labute approximate surface area is 217 Å². The molecule has 0 aromatic heterocycles. The molecule has 0 unspecified atom stereocenters. The van der Waals surface area contributed by atoms with Gasteiger partial charge >= 0.3 is 23.9 Å². The number of hydrogen-bond donors (Lipinski definition) is 0. The number of rotatable bonds is 5. The fourth-order valence-electron chi connectivity index (χ4n) is 5.40. The van der Waals surface area contributed by atoms with Crippen molar-refractivity contribution in [3.63, 3.8) is 0 Å². The first-order valence-corrected chi connectivity index (χ1v) is 12.6. The third-order valence-corrected chi connectivity index (χ3v) is 7.30. The van der Waals surface area contributed by atoms with Crippen LogP contribution in [-0.2, 0) is 47.6 Å². The normalized spacial score (nSPS) is 38.8. The summed E-state index contributed by atoms with van der Waals surface area (Å²) in [5.74, 6) is -3.04. The van der Waals surface area contributed by atoms with Crippen LogP contribution in [0.15, 0.2) is 23.3 Å². The molecule has 37 heavy (non-hydrogen) atoms. The zero-order valence-corrected chi connectivity index (χ0v) is 22.6. The zero-order valence-electron chi connectivity index (χ0n) is 22.6. The van der Waals surface area contributed by atoms with Crippen LogP contribution in [0.1, 0.15) is 60.8 Å². The van der Waals surface area contributed by atoms with Crippen LogP contribution in [0.4, 0.5) is 0 Å². The van der Waals surface area contributed by atoms with Crippen LogP contribution in [0.5, 0.6) is 0 Å². The number of ether oxygens (including phenoxy) is 6. The first-order chi connectivity index (χ1) is 17.4. The second-order valence-corrected chi connectivity index (χ2v) is 10.3. The Morgan fingerprint density at radius 2 is 1.65 bits per heavy atom. The molecule has 3 aliphatic rings. The molecular formula is C27H38O10. The number of methoxy groups -OCH3 is 1. The van der Waals surface area contributed by atoms with Crippen LogP contribution in [0.2, 0.25) is 0 Å². The molecule has 1 aliphatic carbocycles. The van der Waals surface area contributed by atoms with E-state index in [2.05, 4.69) is 0 Å². The largest absolute Gasteiger partial charge is 0.462 e. The van der Waals surface area contributed by atoms with E-state index < -0.39 is 71.8 Å². The van der Waals surface area contributed by atoms with Crippen LogP contribution >= 0.6 is 0 Å². The third-order valence-electron chi connectivity index (χ3n) is 7.30. The lowest BCUT2D eigenvalue weighted by atomic mass is 9.79. The topological polar surface area (TPSA) is 127 Å². The van der Waals surface area contributed by atoms with Crippen molar-refractivity contribution in [2.75, 3.05) is 13.7 Å². The van der Waals surface area contributed by atoms with Gasteiger partial charge < -0.3 is 28.4 Å². The second-order valence-electron chi connectivity index (χ2n) is 10.3. The van der Waals surface area contributed by atoms with Gasteiger partial charge in [-0.3, -0.25) is 19.2 Å². The highest BCUT2D eigenvalue weighted by Crippen LogP contribution is 2.51. The van der Waals surface area contributed by atoms with E-state index in [9.17, 15) is 19.2 Å². The molecule has 0 radical (unpaired) electrons. The maximum atomic E-state index is 12.9. The Balaban J connectivity index is 2.08. The quantitative estimate of drug-likeness (QED) is 0.230. The maximum absolute atomic E-state index is 12.9. The Bertz CT molecular complexity index is 968. The summed E-state index contributed by atoms with van der Waals surface area (Å²) in [6.45, 7) is 9.65. The van der Waals surface area contributed by atoms with Crippen molar-refractivity contribution >= 4 is 23.9 Å². The van der Waals surface area contributed by atoms with Crippen molar-refractivity contribution in [3.05, 3.63) is 23.3 Å². The third kappa shape index (κ3) is 6.78. The molecule has 206 valence electrons. The van der Waals surface area contributed by atoms with Crippen molar-refractivity contribution in [2.45, 2.75) is 96.9 Å². The average molecular weight is 523 g/mol. The van der Waals surface area contributed by atoms with Crippen molar-refractivity contribution in [1.82, 2.24) is 0 Å². The van der Waals surface area contributed by atoms with E-state index in [0.29, 0.717) is 19.3 Å². The molecule has 2 fully saturated rings. The lowest BCUT2D eigenvalue weighted by Crippen LogP contribution is -2.43. The maximum Gasteiger partial charge on any atom is 0.312 e. The summed E-state index contributed by atoms with van der Waals surface area (Å²) in [5, 5.41) is 0. The van der Waals surface area contributed by atoms with Gasteiger partial charge in [0.1, 0.15) is 36.1 Å². The SMILES string of the molecule is COC[C@@H]1C(=O)O[C@H]2[C@H]1[C@H](OC(C)=O)C/C(C)=C\C[C@H](OC(C)=O)/C(C)=C/C[C@@H](OC(C)=O)[C@]1(C)O[C@@H]21. The van der Waals surface area contributed by atoms with Crippen molar-refractivity contribution < 1.29 is 47.6 Å². The van der Waals surface area contributed by atoms with E-state index in [1.54, 1.807) is 0 Å². The molecule has 0 aromatic carbocycles. The number of carbonyl (C=O) groups excluding carboxylic acids is 4. The monoisotopic (exact) mass is 522 g/mol. The van der Waals surface area contributed by atoms with Gasteiger partial charge in [-0.2, -0.15) is 0 Å². The molecule has 2 heterocycles. The Morgan fingerprint density at radius 1 is 1.00 bits per heavy atom.